The van der Waals surface area contributed by atoms with E-state index in [1.165, 1.54) is 0 Å². The minimum Gasteiger partial charge on any atom is -0.422 e. The molecule has 0 aliphatic rings. The molecule has 0 radical (unpaired) electrons. The summed E-state index contributed by atoms with van der Waals surface area (Å²) < 4.78 is 22.2. The van der Waals surface area contributed by atoms with Crippen molar-refractivity contribution in [2.45, 2.75) is 45.1 Å². The molecule has 2 amide bonds. The number of rotatable bonds is 19. The molecule has 0 atom stereocenters. The van der Waals surface area contributed by atoms with Crippen LogP contribution in [0.5, 0.6) is 0 Å². The van der Waals surface area contributed by atoms with Crippen LogP contribution in [0.1, 0.15) is 32.4 Å². The van der Waals surface area contributed by atoms with E-state index in [-0.39, 0.29) is 19.6 Å². The van der Waals surface area contributed by atoms with Crippen molar-refractivity contribution >= 4 is 57.5 Å². The highest BCUT2D eigenvalue weighted by Crippen LogP contribution is 2.19. The number of nitrogens with zero attached hydrogens (tertiary/aromatic N) is 3. The Morgan fingerprint density at radius 1 is 0.614 bits per heavy atom. The second-order valence-electron chi connectivity index (χ2n) is 10.1. The van der Waals surface area contributed by atoms with Crippen LogP contribution in [0.3, 0.4) is 0 Å². The molecule has 0 saturated carbocycles. The van der Waals surface area contributed by atoms with Gasteiger partial charge in [0.25, 0.3) is 0 Å². The molecule has 4 aromatic heterocycles. The topological polar surface area (TPSA) is 80.8 Å². The molecule has 238 valence electrons. The van der Waals surface area contributed by atoms with E-state index in [2.05, 4.69) is 4.90 Å². The molecule has 4 rings (SSSR count). The molecule has 44 heavy (non-hydrogen) atoms. The molecule has 0 fully saturated rings. The Balaban J connectivity index is 1.12. The predicted molar refractivity (Wildman–Crippen MR) is 177 cm³/mol. The molecule has 0 spiro atoms. The zero-order valence-electron chi connectivity index (χ0n) is 25.0. The van der Waals surface area contributed by atoms with Crippen molar-refractivity contribution in [2.75, 3.05) is 40.9 Å². The van der Waals surface area contributed by atoms with Gasteiger partial charge in [0.15, 0.2) is 13.6 Å². The van der Waals surface area contributed by atoms with Gasteiger partial charge in [-0.2, -0.15) is 0 Å². The summed E-state index contributed by atoms with van der Waals surface area (Å²) >= 11 is 6.46. The molecule has 4 aromatic rings. The first kappa shape index (κ1) is 34.1. The van der Waals surface area contributed by atoms with Gasteiger partial charge in [0, 0.05) is 25.6 Å². The van der Waals surface area contributed by atoms with Crippen molar-refractivity contribution in [3.63, 3.8) is 0 Å². The van der Waals surface area contributed by atoms with Gasteiger partial charge in [-0.3, -0.25) is 9.80 Å². The zero-order chi connectivity index (χ0) is 31.0. The van der Waals surface area contributed by atoms with Crippen LogP contribution in [0.15, 0.2) is 70.1 Å². The SMILES string of the molecule is CN(C)C(CCOCOC(=O)N(Cc1cccs1)Cc1cccs1)CCOCOC(=O)N(Cc1cccs1)Cc1cccs1. The highest BCUT2D eigenvalue weighted by molar-refractivity contribution is 7.10. The monoisotopic (exact) mass is 677 g/mol. The van der Waals surface area contributed by atoms with Crippen LogP contribution in [-0.2, 0) is 45.1 Å². The summed E-state index contributed by atoms with van der Waals surface area (Å²) in [6.07, 6.45) is 0.667. The Morgan fingerprint density at radius 2 is 0.955 bits per heavy atom. The Hall–Kier alpha value is -2.78. The maximum absolute atomic E-state index is 12.8. The second-order valence-corrected chi connectivity index (χ2v) is 14.2. The molecule has 4 heterocycles. The maximum atomic E-state index is 12.8. The summed E-state index contributed by atoms with van der Waals surface area (Å²) in [5, 5.41) is 8.00. The largest absolute Gasteiger partial charge is 0.422 e. The number of carbonyl (C=O) groups is 2. The molecule has 9 nitrogen and oxygen atoms in total. The molecule has 13 heteroatoms. The summed E-state index contributed by atoms with van der Waals surface area (Å²) in [5.74, 6) is 0. The Morgan fingerprint density at radius 3 is 1.23 bits per heavy atom. The lowest BCUT2D eigenvalue weighted by Gasteiger charge is -2.25. The summed E-state index contributed by atoms with van der Waals surface area (Å²) in [6, 6.07) is 16.1. The van der Waals surface area contributed by atoms with Gasteiger partial charge in [-0.1, -0.05) is 24.3 Å². The second kappa shape index (κ2) is 18.9. The highest BCUT2D eigenvalue weighted by Gasteiger charge is 2.19. The minimum atomic E-state index is -0.400. The summed E-state index contributed by atoms with van der Waals surface area (Å²) in [4.78, 5) is 35.5. The number of carbonyl (C=O) groups excluding carboxylic acids is 2. The fraction of sp³-hybridized carbons (Fsp3) is 0.419. The third-order valence-electron chi connectivity index (χ3n) is 6.68. The number of ether oxygens (including phenoxy) is 4. The van der Waals surface area contributed by atoms with Crippen LogP contribution in [0.4, 0.5) is 9.59 Å². The first-order valence-corrected chi connectivity index (χ1v) is 17.7. The van der Waals surface area contributed by atoms with E-state index >= 15 is 0 Å². The van der Waals surface area contributed by atoms with E-state index in [1.807, 2.05) is 84.1 Å². The van der Waals surface area contributed by atoms with E-state index in [4.69, 9.17) is 18.9 Å². The standard InChI is InChI=1S/C31H39N3O6S4/c1-32(2)25(11-13-37-23-39-30(35)33(19-26-7-3-15-41-26)20-27-8-4-16-42-27)12-14-38-24-40-31(36)34(21-28-9-5-17-43-28)22-29-10-6-18-44-29/h3-10,15-18,25H,11-14,19-24H2,1-2H3. The predicted octanol–water partition coefficient (Wildman–Crippen LogP) is 7.57. The van der Waals surface area contributed by atoms with Gasteiger partial charge >= 0.3 is 12.2 Å². The van der Waals surface area contributed by atoms with Gasteiger partial charge < -0.3 is 23.8 Å². The van der Waals surface area contributed by atoms with Gasteiger partial charge in [-0.25, -0.2) is 9.59 Å². The van der Waals surface area contributed by atoms with Crippen LogP contribution < -0.4 is 0 Å². The number of hydrogen-bond acceptors (Lipinski definition) is 11. The van der Waals surface area contributed by atoms with Gasteiger partial charge in [0.2, 0.25) is 0 Å². The van der Waals surface area contributed by atoms with Crippen LogP contribution >= 0.6 is 45.3 Å². The van der Waals surface area contributed by atoms with Crippen LogP contribution in [0.25, 0.3) is 0 Å². The first-order chi connectivity index (χ1) is 21.5. The third-order valence-corrected chi connectivity index (χ3v) is 10.1. The average molecular weight is 678 g/mol. The lowest BCUT2D eigenvalue weighted by Crippen LogP contribution is -2.32. The normalized spacial score (nSPS) is 11.3. The molecule has 0 unspecified atom stereocenters. The fourth-order valence-electron chi connectivity index (χ4n) is 4.32. The van der Waals surface area contributed by atoms with E-state index < -0.39 is 12.2 Å². The number of thiophene rings is 4. The summed E-state index contributed by atoms with van der Waals surface area (Å²) in [6.45, 7) is 2.63. The van der Waals surface area contributed by atoms with E-state index in [0.29, 0.717) is 39.4 Å². The molecule has 0 saturated heterocycles. The van der Waals surface area contributed by atoms with Gasteiger partial charge in [-0.15, -0.1) is 45.3 Å². The number of amides is 2. The smallest absolute Gasteiger partial charge is 0.412 e. The zero-order valence-corrected chi connectivity index (χ0v) is 28.3. The molecular weight excluding hydrogens is 639 g/mol. The van der Waals surface area contributed by atoms with Crippen molar-refractivity contribution in [2.24, 2.45) is 0 Å². The van der Waals surface area contributed by atoms with E-state index in [9.17, 15) is 9.59 Å². The molecule has 0 bridgehead atoms. The van der Waals surface area contributed by atoms with E-state index in [0.717, 1.165) is 32.4 Å². The van der Waals surface area contributed by atoms with Crippen molar-refractivity contribution in [3.8, 4) is 0 Å². The van der Waals surface area contributed by atoms with Crippen LogP contribution in [0, 0.1) is 0 Å². The van der Waals surface area contributed by atoms with Crippen molar-refractivity contribution in [1.82, 2.24) is 14.7 Å². The van der Waals surface area contributed by atoms with Gasteiger partial charge in [-0.05, 0) is 72.7 Å². The van der Waals surface area contributed by atoms with Crippen LogP contribution in [-0.4, -0.2) is 73.8 Å². The lowest BCUT2D eigenvalue weighted by molar-refractivity contribution is -0.0420. The average Bonchev–Trinajstić information content (AvgIpc) is 3.84. The van der Waals surface area contributed by atoms with E-state index in [1.54, 1.807) is 55.1 Å². The molecule has 0 aliphatic carbocycles. The highest BCUT2D eigenvalue weighted by atomic mass is 32.1. The maximum Gasteiger partial charge on any atom is 0.412 e. The number of hydrogen-bond donors (Lipinski definition) is 0. The molecule has 0 aliphatic heterocycles. The Bertz CT molecular complexity index is 1140. The Labute approximate surface area is 275 Å². The quantitative estimate of drug-likeness (QED) is 0.0748. The fourth-order valence-corrected chi connectivity index (χ4v) is 7.19. The molecular formula is C31H39N3O6S4. The van der Waals surface area contributed by atoms with Gasteiger partial charge in [0.05, 0.1) is 39.4 Å². The van der Waals surface area contributed by atoms with Crippen molar-refractivity contribution in [3.05, 3.63) is 89.6 Å². The molecule has 0 N–H and O–H groups in total. The van der Waals surface area contributed by atoms with Crippen LogP contribution in [0.2, 0.25) is 0 Å². The first-order valence-electron chi connectivity index (χ1n) is 14.2. The lowest BCUT2D eigenvalue weighted by atomic mass is 10.1. The summed E-state index contributed by atoms with van der Waals surface area (Å²) in [5.41, 5.74) is 0. The summed E-state index contributed by atoms with van der Waals surface area (Å²) in [7, 11) is 4.01. The molecule has 0 aromatic carbocycles. The minimum absolute atomic E-state index is 0.107. The Kier molecular flexibility index (Phi) is 14.6. The third kappa shape index (κ3) is 12.0. The van der Waals surface area contributed by atoms with Crippen molar-refractivity contribution < 1.29 is 28.5 Å². The van der Waals surface area contributed by atoms with Gasteiger partial charge in [0.1, 0.15) is 0 Å². The van der Waals surface area contributed by atoms with Crippen molar-refractivity contribution in [1.29, 1.82) is 0 Å².